The Morgan fingerprint density at radius 1 is 1.12 bits per heavy atom. The van der Waals surface area contributed by atoms with E-state index in [2.05, 4.69) is 5.32 Å². The summed E-state index contributed by atoms with van der Waals surface area (Å²) in [5, 5.41) is 2.96. The van der Waals surface area contributed by atoms with Crippen molar-refractivity contribution in [1.29, 1.82) is 0 Å². The summed E-state index contributed by atoms with van der Waals surface area (Å²) < 4.78 is 27.3. The van der Waals surface area contributed by atoms with Gasteiger partial charge in [-0.1, -0.05) is 48.0 Å². The number of carbonyl (C=O) groups excluding carboxylic acids is 1. The van der Waals surface area contributed by atoms with Crippen molar-refractivity contribution in [3.8, 4) is 0 Å². The predicted octanol–water partition coefficient (Wildman–Crippen LogP) is 3.03. The van der Waals surface area contributed by atoms with Gasteiger partial charge in [-0.3, -0.25) is 4.79 Å². The molecule has 0 bridgehead atoms. The van der Waals surface area contributed by atoms with E-state index < -0.39 is 16.1 Å². The molecule has 5 nitrogen and oxygen atoms in total. The molecule has 1 aliphatic heterocycles. The minimum Gasteiger partial charge on any atom is -0.348 e. The Morgan fingerprint density at radius 2 is 1.77 bits per heavy atom. The molecule has 1 fully saturated rings. The topological polar surface area (TPSA) is 66.5 Å². The molecule has 0 saturated carbocycles. The van der Waals surface area contributed by atoms with E-state index in [1.807, 2.05) is 44.2 Å². The molecule has 3 rings (SSSR count). The van der Waals surface area contributed by atoms with Crippen LogP contribution in [0.4, 0.5) is 0 Å². The summed E-state index contributed by atoms with van der Waals surface area (Å²) in [6.07, 6.45) is 1.22. The van der Waals surface area contributed by atoms with Crippen LogP contribution in [0.5, 0.6) is 0 Å². The molecule has 1 heterocycles. The summed E-state index contributed by atoms with van der Waals surface area (Å²) in [6.45, 7) is 4.18. The van der Waals surface area contributed by atoms with Crippen molar-refractivity contribution in [3.05, 3.63) is 65.7 Å². The highest BCUT2D eigenvalue weighted by Crippen LogP contribution is 2.27. The molecule has 1 N–H and O–H groups in total. The SMILES string of the molecule is Cc1ccc(S(=O)(=O)N2CCC[C@H]2C(=O)N[C@@H](C)c2ccccc2)cc1. The largest absolute Gasteiger partial charge is 0.348 e. The third-order valence-electron chi connectivity index (χ3n) is 4.79. The highest BCUT2D eigenvalue weighted by molar-refractivity contribution is 7.89. The lowest BCUT2D eigenvalue weighted by Gasteiger charge is -2.25. The van der Waals surface area contributed by atoms with E-state index in [9.17, 15) is 13.2 Å². The van der Waals surface area contributed by atoms with Gasteiger partial charge in [0, 0.05) is 6.54 Å². The zero-order valence-corrected chi connectivity index (χ0v) is 15.9. The molecule has 1 amide bonds. The second-order valence-corrected chi connectivity index (χ2v) is 8.62. The quantitative estimate of drug-likeness (QED) is 0.877. The van der Waals surface area contributed by atoms with Gasteiger partial charge >= 0.3 is 0 Å². The summed E-state index contributed by atoms with van der Waals surface area (Å²) in [5.41, 5.74) is 1.99. The Labute approximate surface area is 155 Å². The van der Waals surface area contributed by atoms with Gasteiger partial charge in [0.25, 0.3) is 0 Å². The maximum atomic E-state index is 13.0. The van der Waals surface area contributed by atoms with Gasteiger partial charge in [0.05, 0.1) is 10.9 Å². The van der Waals surface area contributed by atoms with E-state index in [1.165, 1.54) is 4.31 Å². The molecule has 0 unspecified atom stereocenters. The summed E-state index contributed by atoms with van der Waals surface area (Å²) in [6, 6.07) is 15.6. The van der Waals surface area contributed by atoms with Crippen molar-refractivity contribution in [1.82, 2.24) is 9.62 Å². The van der Waals surface area contributed by atoms with E-state index in [0.717, 1.165) is 11.1 Å². The third kappa shape index (κ3) is 3.81. The first-order valence-corrected chi connectivity index (χ1v) is 10.3. The average molecular weight is 372 g/mol. The van der Waals surface area contributed by atoms with Gasteiger partial charge in [-0.2, -0.15) is 4.31 Å². The molecule has 1 aliphatic rings. The number of benzene rings is 2. The normalized spacial score (nSPS) is 19.2. The maximum Gasteiger partial charge on any atom is 0.243 e. The molecule has 0 aliphatic carbocycles. The smallest absolute Gasteiger partial charge is 0.243 e. The standard InChI is InChI=1S/C20H24N2O3S/c1-15-10-12-18(13-11-15)26(24,25)22-14-6-9-19(22)20(23)21-16(2)17-7-4-3-5-8-17/h3-5,7-8,10-13,16,19H,6,9,14H2,1-2H3,(H,21,23)/t16-,19-/m0/s1. The van der Waals surface area contributed by atoms with Gasteiger partial charge in [-0.15, -0.1) is 0 Å². The monoisotopic (exact) mass is 372 g/mol. The fourth-order valence-electron chi connectivity index (χ4n) is 3.27. The van der Waals surface area contributed by atoms with Crippen LogP contribution in [0.2, 0.25) is 0 Å². The number of rotatable bonds is 5. The Kier molecular flexibility index (Phi) is 5.44. The second-order valence-electron chi connectivity index (χ2n) is 6.73. The van der Waals surface area contributed by atoms with Crippen LogP contribution in [0.25, 0.3) is 0 Å². The Balaban J connectivity index is 1.77. The molecule has 0 radical (unpaired) electrons. The number of sulfonamides is 1. The first-order valence-electron chi connectivity index (χ1n) is 8.83. The van der Waals surface area contributed by atoms with Crippen molar-refractivity contribution in [3.63, 3.8) is 0 Å². The van der Waals surface area contributed by atoms with Crippen LogP contribution in [0.3, 0.4) is 0 Å². The maximum absolute atomic E-state index is 13.0. The van der Waals surface area contributed by atoms with Gasteiger partial charge < -0.3 is 5.32 Å². The lowest BCUT2D eigenvalue weighted by atomic mass is 10.1. The van der Waals surface area contributed by atoms with Crippen molar-refractivity contribution in [2.75, 3.05) is 6.54 Å². The number of nitrogens with one attached hydrogen (secondary N) is 1. The van der Waals surface area contributed by atoms with E-state index in [1.54, 1.807) is 24.3 Å². The molecule has 0 aromatic heterocycles. The van der Waals surface area contributed by atoms with Gasteiger partial charge in [0.2, 0.25) is 15.9 Å². The van der Waals surface area contributed by atoms with Gasteiger partial charge in [0.15, 0.2) is 0 Å². The molecule has 2 aromatic carbocycles. The highest BCUT2D eigenvalue weighted by Gasteiger charge is 2.39. The predicted molar refractivity (Wildman–Crippen MR) is 101 cm³/mol. The van der Waals surface area contributed by atoms with Crippen LogP contribution in [0.1, 0.15) is 36.9 Å². The van der Waals surface area contributed by atoms with Crippen molar-refractivity contribution >= 4 is 15.9 Å². The summed E-state index contributed by atoms with van der Waals surface area (Å²) in [5.74, 6) is -0.241. The van der Waals surface area contributed by atoms with Crippen molar-refractivity contribution in [2.45, 2.75) is 43.7 Å². The molecule has 6 heteroatoms. The molecule has 2 aromatic rings. The number of hydrogen-bond donors (Lipinski definition) is 1. The third-order valence-corrected chi connectivity index (χ3v) is 6.71. The lowest BCUT2D eigenvalue weighted by molar-refractivity contribution is -0.124. The number of aryl methyl sites for hydroxylation is 1. The minimum absolute atomic E-state index is 0.173. The fourth-order valence-corrected chi connectivity index (χ4v) is 4.93. The van der Waals surface area contributed by atoms with Crippen molar-refractivity contribution in [2.24, 2.45) is 0 Å². The van der Waals surface area contributed by atoms with E-state index in [-0.39, 0.29) is 16.8 Å². The highest BCUT2D eigenvalue weighted by atomic mass is 32.2. The first-order chi connectivity index (χ1) is 12.4. The molecular weight excluding hydrogens is 348 g/mol. The Hall–Kier alpha value is -2.18. The Morgan fingerprint density at radius 3 is 2.42 bits per heavy atom. The van der Waals surface area contributed by atoms with Crippen LogP contribution in [0, 0.1) is 6.92 Å². The van der Waals surface area contributed by atoms with Crippen LogP contribution in [-0.4, -0.2) is 31.2 Å². The van der Waals surface area contributed by atoms with Crippen molar-refractivity contribution < 1.29 is 13.2 Å². The molecule has 26 heavy (non-hydrogen) atoms. The van der Waals surface area contributed by atoms with Crippen LogP contribution >= 0.6 is 0 Å². The van der Waals surface area contributed by atoms with Crippen LogP contribution in [0.15, 0.2) is 59.5 Å². The number of nitrogens with zero attached hydrogens (tertiary/aromatic N) is 1. The van der Waals surface area contributed by atoms with Crippen LogP contribution in [-0.2, 0) is 14.8 Å². The first kappa shape index (κ1) is 18.6. The molecule has 1 saturated heterocycles. The summed E-state index contributed by atoms with van der Waals surface area (Å²) >= 11 is 0. The van der Waals surface area contributed by atoms with E-state index in [0.29, 0.717) is 19.4 Å². The van der Waals surface area contributed by atoms with E-state index in [4.69, 9.17) is 0 Å². The molecule has 0 spiro atoms. The number of amides is 1. The van der Waals surface area contributed by atoms with E-state index >= 15 is 0 Å². The lowest BCUT2D eigenvalue weighted by Crippen LogP contribution is -2.46. The molecule has 2 atom stereocenters. The fraction of sp³-hybridized carbons (Fsp3) is 0.350. The second kappa shape index (κ2) is 7.60. The van der Waals surface area contributed by atoms with Crippen LogP contribution < -0.4 is 5.32 Å². The van der Waals surface area contributed by atoms with Gasteiger partial charge in [-0.25, -0.2) is 8.42 Å². The average Bonchev–Trinajstić information content (AvgIpc) is 3.13. The summed E-state index contributed by atoms with van der Waals surface area (Å²) in [7, 11) is -3.68. The Bertz CT molecular complexity index is 864. The number of carbonyl (C=O) groups is 1. The minimum atomic E-state index is -3.68. The van der Waals surface area contributed by atoms with Gasteiger partial charge in [-0.05, 0) is 44.4 Å². The zero-order chi connectivity index (χ0) is 18.7. The molecule has 138 valence electrons. The van der Waals surface area contributed by atoms with Gasteiger partial charge in [0.1, 0.15) is 6.04 Å². The molecular formula is C20H24N2O3S. The number of hydrogen-bond acceptors (Lipinski definition) is 3. The zero-order valence-electron chi connectivity index (χ0n) is 15.1. The summed E-state index contributed by atoms with van der Waals surface area (Å²) in [4.78, 5) is 13.0.